The second-order valence-corrected chi connectivity index (χ2v) is 6.57. The van der Waals surface area contributed by atoms with Gasteiger partial charge in [0, 0.05) is 5.56 Å². The van der Waals surface area contributed by atoms with Crippen LogP contribution in [0.5, 0.6) is 0 Å². The number of hydrogen-bond acceptors (Lipinski definition) is 4. The first-order chi connectivity index (χ1) is 12.4. The van der Waals surface area contributed by atoms with Crippen LogP contribution in [0.3, 0.4) is 0 Å². The Kier molecular flexibility index (Phi) is 9.32. The molecule has 0 N–H and O–H groups in total. The summed E-state index contributed by atoms with van der Waals surface area (Å²) in [4.78, 5) is 25.7. The van der Waals surface area contributed by atoms with E-state index in [1.165, 1.54) is 0 Å². The standard InChI is InChI=1S/C20H21ClO3.H3OP/c1-13(2)12-24-20(23)18(15-9-5-4-6-10-15)19(22)17-14(3)8-7-11-16(17)21;1-2/h4-11,13,18H,12H2,1-3H3;2H3. The van der Waals surface area contributed by atoms with Gasteiger partial charge in [-0.3, -0.25) is 9.59 Å². The van der Waals surface area contributed by atoms with Gasteiger partial charge in [-0.15, -0.1) is 0 Å². The van der Waals surface area contributed by atoms with Gasteiger partial charge in [-0.2, -0.15) is 0 Å². The van der Waals surface area contributed by atoms with Crippen LogP contribution < -0.4 is 0 Å². The van der Waals surface area contributed by atoms with Crippen molar-refractivity contribution in [2.75, 3.05) is 6.61 Å². The molecule has 26 heavy (non-hydrogen) atoms. The van der Waals surface area contributed by atoms with Gasteiger partial charge >= 0.3 is 5.97 Å². The number of rotatable bonds is 6. The maximum atomic E-state index is 13.1. The summed E-state index contributed by atoms with van der Waals surface area (Å²) in [5.74, 6) is -1.69. The van der Waals surface area contributed by atoms with E-state index in [1.807, 2.05) is 19.9 Å². The van der Waals surface area contributed by atoms with Crippen LogP contribution in [0.2, 0.25) is 5.02 Å². The Bertz CT molecular complexity index is 726. The summed E-state index contributed by atoms with van der Waals surface area (Å²) in [5, 5.41) is 0.345. The number of esters is 1. The average Bonchev–Trinajstić information content (AvgIpc) is 2.62. The quantitative estimate of drug-likeness (QED) is 0.307. The summed E-state index contributed by atoms with van der Waals surface area (Å²) in [5.41, 5.74) is 1.72. The minimum Gasteiger partial charge on any atom is -0.465 e. The highest BCUT2D eigenvalue weighted by Gasteiger charge is 2.32. The van der Waals surface area contributed by atoms with Crippen LogP contribution in [0.15, 0.2) is 48.5 Å². The Labute approximate surface area is 161 Å². The Morgan fingerprint density at radius 1 is 1.04 bits per heavy atom. The molecule has 0 spiro atoms. The SMILES string of the molecule is Cc1cccc(Cl)c1C(=O)C(C(=O)OCC(C)C)c1ccccc1.O=[PH3]. The second-order valence-electron chi connectivity index (χ2n) is 6.16. The molecule has 0 amide bonds. The second kappa shape index (κ2) is 10.9. The van der Waals surface area contributed by atoms with E-state index in [0.29, 0.717) is 25.3 Å². The predicted molar refractivity (Wildman–Crippen MR) is 107 cm³/mol. The van der Waals surface area contributed by atoms with Gasteiger partial charge in [-0.05, 0) is 30.0 Å². The van der Waals surface area contributed by atoms with E-state index >= 15 is 0 Å². The lowest BCUT2D eigenvalue weighted by Crippen LogP contribution is -2.26. The molecule has 140 valence electrons. The average molecular weight is 395 g/mol. The van der Waals surface area contributed by atoms with Crippen molar-refractivity contribution in [3.05, 3.63) is 70.2 Å². The molecule has 0 saturated carbocycles. The molecule has 2 unspecified atom stereocenters. The summed E-state index contributed by atoms with van der Waals surface area (Å²) in [7, 11) is 0.611. The van der Waals surface area contributed by atoms with Gasteiger partial charge in [0.2, 0.25) is 0 Å². The van der Waals surface area contributed by atoms with Crippen LogP contribution in [-0.2, 0) is 14.1 Å². The molecule has 0 radical (unpaired) electrons. The minimum atomic E-state index is -1.01. The minimum absolute atomic E-state index is 0.197. The van der Waals surface area contributed by atoms with Gasteiger partial charge in [0.05, 0.1) is 20.7 Å². The molecule has 2 rings (SSSR count). The third kappa shape index (κ3) is 5.82. The Morgan fingerprint density at radius 3 is 2.19 bits per heavy atom. The molecule has 2 atom stereocenters. The molecule has 0 aliphatic carbocycles. The highest BCUT2D eigenvalue weighted by Crippen LogP contribution is 2.28. The van der Waals surface area contributed by atoms with Crippen molar-refractivity contribution in [3.63, 3.8) is 0 Å². The monoisotopic (exact) mass is 394 g/mol. The predicted octanol–water partition coefficient (Wildman–Crippen LogP) is 4.75. The molecule has 0 saturated heterocycles. The fourth-order valence-corrected chi connectivity index (χ4v) is 2.78. The zero-order chi connectivity index (χ0) is 19.7. The molecular weight excluding hydrogens is 371 g/mol. The number of carbonyl (C=O) groups excluding carboxylic acids is 2. The van der Waals surface area contributed by atoms with Gasteiger partial charge in [0.25, 0.3) is 0 Å². The van der Waals surface area contributed by atoms with Crippen LogP contribution in [0.25, 0.3) is 0 Å². The lowest BCUT2D eigenvalue weighted by molar-refractivity contribution is -0.145. The van der Waals surface area contributed by atoms with Gasteiger partial charge < -0.3 is 9.30 Å². The van der Waals surface area contributed by atoms with E-state index in [1.54, 1.807) is 49.4 Å². The molecule has 0 aromatic heterocycles. The van der Waals surface area contributed by atoms with E-state index in [2.05, 4.69) is 0 Å². The summed E-state index contributed by atoms with van der Waals surface area (Å²) >= 11 is 6.22. The first-order valence-electron chi connectivity index (χ1n) is 8.21. The van der Waals surface area contributed by atoms with Crippen molar-refractivity contribution >= 4 is 32.5 Å². The Balaban J connectivity index is 0.00000163. The van der Waals surface area contributed by atoms with E-state index in [0.717, 1.165) is 5.56 Å². The lowest BCUT2D eigenvalue weighted by Gasteiger charge is -2.18. The van der Waals surface area contributed by atoms with E-state index in [-0.39, 0.29) is 18.3 Å². The van der Waals surface area contributed by atoms with Gasteiger partial charge in [-0.25, -0.2) is 0 Å². The number of ketones is 1. The molecule has 2 aromatic rings. The van der Waals surface area contributed by atoms with Gasteiger partial charge in [0.1, 0.15) is 5.92 Å². The highest BCUT2D eigenvalue weighted by atomic mass is 35.5. The van der Waals surface area contributed by atoms with Crippen LogP contribution in [0.4, 0.5) is 0 Å². The number of carbonyl (C=O) groups is 2. The Morgan fingerprint density at radius 2 is 1.65 bits per heavy atom. The van der Waals surface area contributed by atoms with Crippen LogP contribution >= 0.6 is 20.7 Å². The van der Waals surface area contributed by atoms with Crippen molar-refractivity contribution < 1.29 is 18.9 Å². The van der Waals surface area contributed by atoms with Crippen LogP contribution in [0.1, 0.15) is 41.3 Å². The number of benzene rings is 2. The van der Waals surface area contributed by atoms with Crippen LogP contribution in [0, 0.1) is 12.8 Å². The number of Topliss-reactive ketones (excluding diaryl/α,β-unsaturated/α-hetero) is 1. The number of ether oxygens (including phenoxy) is 1. The number of halogens is 1. The normalized spacial score (nSPS) is 11.4. The summed E-state index contributed by atoms with van der Waals surface area (Å²) in [6.45, 7) is 5.98. The molecule has 0 bridgehead atoms. The lowest BCUT2D eigenvalue weighted by atomic mass is 9.89. The molecule has 0 fully saturated rings. The van der Waals surface area contributed by atoms with Crippen LogP contribution in [-0.4, -0.2) is 18.4 Å². The zero-order valence-electron chi connectivity index (χ0n) is 15.2. The van der Waals surface area contributed by atoms with Gasteiger partial charge in [0.15, 0.2) is 5.78 Å². The van der Waals surface area contributed by atoms with E-state index in [4.69, 9.17) is 20.9 Å². The fourth-order valence-electron chi connectivity index (χ4n) is 2.46. The first-order valence-corrected chi connectivity index (χ1v) is 9.17. The molecule has 4 nitrogen and oxygen atoms in total. The third-order valence-corrected chi connectivity index (χ3v) is 3.97. The largest absolute Gasteiger partial charge is 0.465 e. The van der Waals surface area contributed by atoms with E-state index in [9.17, 15) is 9.59 Å². The summed E-state index contributed by atoms with van der Waals surface area (Å²) in [6.07, 6.45) is 0. The molecule has 0 heterocycles. The van der Waals surface area contributed by atoms with Crippen molar-refractivity contribution in [2.45, 2.75) is 26.7 Å². The summed E-state index contributed by atoms with van der Waals surface area (Å²) in [6, 6.07) is 14.2. The molecule has 0 aliphatic heterocycles. The Hall–Kier alpha value is -1.90. The topological polar surface area (TPSA) is 60.4 Å². The molecule has 2 aromatic carbocycles. The fraction of sp³-hybridized carbons (Fsp3) is 0.300. The first kappa shape index (κ1) is 22.1. The third-order valence-electron chi connectivity index (χ3n) is 3.66. The number of aryl methyl sites for hydroxylation is 1. The highest BCUT2D eigenvalue weighted by molar-refractivity contribution is 7.00. The maximum Gasteiger partial charge on any atom is 0.321 e. The molecule has 6 heteroatoms. The zero-order valence-corrected chi connectivity index (χ0v) is 17.4. The molecule has 0 aliphatic rings. The summed E-state index contributed by atoms with van der Waals surface area (Å²) < 4.78 is 13.6. The van der Waals surface area contributed by atoms with Crippen molar-refractivity contribution in [3.8, 4) is 0 Å². The maximum absolute atomic E-state index is 13.1. The van der Waals surface area contributed by atoms with Crippen molar-refractivity contribution in [1.82, 2.24) is 0 Å². The van der Waals surface area contributed by atoms with Gasteiger partial charge in [-0.1, -0.05) is 67.9 Å². The smallest absolute Gasteiger partial charge is 0.321 e. The molecular formula is C20H24ClO4P. The van der Waals surface area contributed by atoms with Crippen molar-refractivity contribution in [1.29, 1.82) is 0 Å². The van der Waals surface area contributed by atoms with E-state index < -0.39 is 11.9 Å². The number of hydrogen-bond donors (Lipinski definition) is 0. The van der Waals surface area contributed by atoms with Crippen molar-refractivity contribution in [2.24, 2.45) is 5.92 Å².